The van der Waals surface area contributed by atoms with Gasteiger partial charge in [-0.05, 0) is 56.4 Å². The molecular formula is C19H21N5. The third kappa shape index (κ3) is 4.56. The Morgan fingerprint density at radius 3 is 2.67 bits per heavy atom. The summed E-state index contributed by atoms with van der Waals surface area (Å²) >= 11 is 0. The van der Waals surface area contributed by atoms with Gasteiger partial charge < -0.3 is 10.6 Å². The Morgan fingerprint density at radius 2 is 1.92 bits per heavy atom. The highest BCUT2D eigenvalue weighted by Gasteiger charge is 2.04. The zero-order chi connectivity index (χ0) is 16.6. The molecule has 0 aliphatic heterocycles. The third-order valence-corrected chi connectivity index (χ3v) is 4.09. The molecule has 0 radical (unpaired) electrons. The van der Waals surface area contributed by atoms with Crippen molar-refractivity contribution in [3.05, 3.63) is 53.9 Å². The molecule has 24 heavy (non-hydrogen) atoms. The summed E-state index contributed by atoms with van der Waals surface area (Å²) in [6, 6.07) is 11.3. The van der Waals surface area contributed by atoms with E-state index in [9.17, 15) is 0 Å². The van der Waals surface area contributed by atoms with E-state index >= 15 is 0 Å². The second-order valence-corrected chi connectivity index (χ2v) is 5.89. The van der Waals surface area contributed by atoms with E-state index in [0.29, 0.717) is 5.56 Å². The van der Waals surface area contributed by atoms with Gasteiger partial charge in [-0.25, -0.2) is 9.97 Å². The van der Waals surface area contributed by atoms with E-state index in [1.165, 1.54) is 25.7 Å². The van der Waals surface area contributed by atoms with Gasteiger partial charge in [-0.15, -0.1) is 0 Å². The standard InChI is InChI=1S/C19H21N5/c20-13-16-6-8-17(9-7-16)24-19-12-18(22-14-23-19)21-11-10-15-4-2-1-3-5-15/h4,6-9,12,14H,1-3,5,10-11H2,(H2,21,22,23,24). The Balaban J connectivity index is 1.55. The van der Waals surface area contributed by atoms with Crippen molar-refractivity contribution in [1.29, 1.82) is 5.26 Å². The minimum Gasteiger partial charge on any atom is -0.370 e. The van der Waals surface area contributed by atoms with Crippen molar-refractivity contribution in [2.75, 3.05) is 17.2 Å². The first-order chi connectivity index (χ1) is 11.8. The second-order valence-electron chi connectivity index (χ2n) is 5.89. The van der Waals surface area contributed by atoms with Crippen molar-refractivity contribution in [2.45, 2.75) is 32.1 Å². The van der Waals surface area contributed by atoms with Crippen molar-refractivity contribution >= 4 is 17.3 Å². The number of aromatic nitrogens is 2. The van der Waals surface area contributed by atoms with Crippen molar-refractivity contribution in [2.24, 2.45) is 0 Å². The second kappa shape index (κ2) is 8.11. The van der Waals surface area contributed by atoms with Gasteiger partial charge in [0, 0.05) is 18.3 Å². The molecule has 0 bridgehead atoms. The van der Waals surface area contributed by atoms with Gasteiger partial charge in [-0.2, -0.15) is 5.26 Å². The summed E-state index contributed by atoms with van der Waals surface area (Å²) in [5.74, 6) is 1.55. The molecule has 0 amide bonds. The molecule has 3 rings (SSSR count). The molecule has 0 unspecified atom stereocenters. The fourth-order valence-electron chi connectivity index (χ4n) is 2.78. The van der Waals surface area contributed by atoms with Gasteiger partial charge in [0.05, 0.1) is 11.6 Å². The molecule has 1 aliphatic rings. The molecule has 0 spiro atoms. The van der Waals surface area contributed by atoms with Crippen molar-refractivity contribution in [1.82, 2.24) is 9.97 Å². The minimum atomic E-state index is 0.641. The number of nitrogens with one attached hydrogen (secondary N) is 2. The Kier molecular flexibility index (Phi) is 5.41. The van der Waals surface area contributed by atoms with E-state index in [2.05, 4.69) is 32.7 Å². The lowest BCUT2D eigenvalue weighted by molar-refractivity contribution is 0.679. The number of nitrogens with zero attached hydrogens (tertiary/aromatic N) is 3. The topological polar surface area (TPSA) is 73.6 Å². The predicted molar refractivity (Wildman–Crippen MR) is 96.1 cm³/mol. The molecule has 122 valence electrons. The number of hydrogen-bond acceptors (Lipinski definition) is 5. The number of allylic oxidation sites excluding steroid dienone is 1. The maximum Gasteiger partial charge on any atom is 0.135 e. The summed E-state index contributed by atoms with van der Waals surface area (Å²) in [4.78, 5) is 8.50. The van der Waals surface area contributed by atoms with Crippen LogP contribution in [0.1, 0.15) is 37.7 Å². The Morgan fingerprint density at radius 1 is 1.08 bits per heavy atom. The maximum absolute atomic E-state index is 8.83. The van der Waals surface area contributed by atoms with Gasteiger partial charge in [-0.1, -0.05) is 11.6 Å². The van der Waals surface area contributed by atoms with Crippen molar-refractivity contribution in [3.63, 3.8) is 0 Å². The van der Waals surface area contributed by atoms with Gasteiger partial charge in [0.25, 0.3) is 0 Å². The van der Waals surface area contributed by atoms with Crippen LogP contribution in [-0.4, -0.2) is 16.5 Å². The molecule has 1 heterocycles. The SMILES string of the molecule is N#Cc1ccc(Nc2cc(NCCC3=CCCCC3)ncn2)cc1. The van der Waals surface area contributed by atoms with Crippen LogP contribution >= 0.6 is 0 Å². The molecule has 0 fully saturated rings. The quantitative estimate of drug-likeness (QED) is 0.772. The van der Waals surface area contributed by atoms with Crippen LogP contribution in [-0.2, 0) is 0 Å². The van der Waals surface area contributed by atoms with E-state index in [-0.39, 0.29) is 0 Å². The van der Waals surface area contributed by atoms with Crippen LogP contribution in [0.3, 0.4) is 0 Å². The molecule has 1 aromatic carbocycles. The smallest absolute Gasteiger partial charge is 0.135 e. The average molecular weight is 319 g/mol. The largest absolute Gasteiger partial charge is 0.370 e. The monoisotopic (exact) mass is 319 g/mol. The first-order valence-electron chi connectivity index (χ1n) is 8.34. The van der Waals surface area contributed by atoms with Gasteiger partial charge in [0.1, 0.15) is 18.0 Å². The molecule has 5 nitrogen and oxygen atoms in total. The molecule has 0 atom stereocenters. The molecule has 2 N–H and O–H groups in total. The lowest BCUT2D eigenvalue weighted by Gasteiger charge is -2.13. The third-order valence-electron chi connectivity index (χ3n) is 4.09. The highest BCUT2D eigenvalue weighted by Crippen LogP contribution is 2.20. The zero-order valence-electron chi connectivity index (χ0n) is 13.6. The maximum atomic E-state index is 8.83. The van der Waals surface area contributed by atoms with Crippen LogP contribution in [0, 0.1) is 11.3 Å². The summed E-state index contributed by atoms with van der Waals surface area (Å²) in [5.41, 5.74) is 3.09. The molecule has 2 aromatic rings. The Labute approximate surface area is 142 Å². The Bertz CT molecular complexity index is 743. The Hall–Kier alpha value is -2.87. The zero-order valence-corrected chi connectivity index (χ0v) is 13.6. The minimum absolute atomic E-state index is 0.641. The lowest BCUT2D eigenvalue weighted by Crippen LogP contribution is -2.06. The van der Waals surface area contributed by atoms with Crippen LogP contribution in [0.2, 0.25) is 0 Å². The van der Waals surface area contributed by atoms with Gasteiger partial charge in [0.2, 0.25) is 0 Å². The fourth-order valence-corrected chi connectivity index (χ4v) is 2.78. The first kappa shape index (κ1) is 16.0. The summed E-state index contributed by atoms with van der Waals surface area (Å²) in [7, 11) is 0. The highest BCUT2D eigenvalue weighted by atomic mass is 15.1. The van der Waals surface area contributed by atoms with Crippen LogP contribution in [0.25, 0.3) is 0 Å². The number of anilines is 3. The van der Waals surface area contributed by atoms with Crippen LogP contribution in [0.15, 0.2) is 48.3 Å². The summed E-state index contributed by atoms with van der Waals surface area (Å²) in [5, 5.41) is 15.4. The van der Waals surface area contributed by atoms with E-state index in [0.717, 1.165) is 30.3 Å². The number of hydrogen-bond donors (Lipinski definition) is 2. The number of nitriles is 1. The average Bonchev–Trinajstić information content (AvgIpc) is 2.64. The molecule has 5 heteroatoms. The van der Waals surface area contributed by atoms with Gasteiger partial charge in [-0.3, -0.25) is 0 Å². The van der Waals surface area contributed by atoms with E-state index in [1.807, 2.05) is 18.2 Å². The van der Waals surface area contributed by atoms with Gasteiger partial charge in [0.15, 0.2) is 0 Å². The predicted octanol–water partition coefficient (Wildman–Crippen LogP) is 4.39. The van der Waals surface area contributed by atoms with E-state index in [1.54, 1.807) is 24.0 Å². The summed E-state index contributed by atoms with van der Waals surface area (Å²) in [6.07, 6.45) is 10.1. The number of rotatable bonds is 6. The van der Waals surface area contributed by atoms with E-state index < -0.39 is 0 Å². The fraction of sp³-hybridized carbons (Fsp3) is 0.316. The number of benzene rings is 1. The first-order valence-corrected chi connectivity index (χ1v) is 8.34. The lowest BCUT2D eigenvalue weighted by atomic mass is 9.97. The van der Waals surface area contributed by atoms with Crippen LogP contribution in [0.4, 0.5) is 17.3 Å². The molecular weight excluding hydrogens is 298 g/mol. The molecule has 1 aromatic heterocycles. The van der Waals surface area contributed by atoms with Crippen molar-refractivity contribution in [3.8, 4) is 6.07 Å². The van der Waals surface area contributed by atoms with Crippen LogP contribution in [0.5, 0.6) is 0 Å². The highest BCUT2D eigenvalue weighted by molar-refractivity contribution is 5.59. The molecule has 1 aliphatic carbocycles. The van der Waals surface area contributed by atoms with Crippen LogP contribution < -0.4 is 10.6 Å². The molecule has 0 saturated heterocycles. The molecule has 0 saturated carbocycles. The summed E-state index contributed by atoms with van der Waals surface area (Å²) in [6.45, 7) is 0.888. The normalized spacial score (nSPS) is 13.7. The van der Waals surface area contributed by atoms with E-state index in [4.69, 9.17) is 5.26 Å². The van der Waals surface area contributed by atoms with Crippen molar-refractivity contribution < 1.29 is 0 Å². The van der Waals surface area contributed by atoms with Gasteiger partial charge >= 0.3 is 0 Å². The summed E-state index contributed by atoms with van der Waals surface area (Å²) < 4.78 is 0.